The zero-order chi connectivity index (χ0) is 17.1. The highest BCUT2D eigenvalue weighted by atomic mass is 32.1. The lowest BCUT2D eigenvalue weighted by atomic mass is 9.99. The Bertz CT molecular complexity index is 488. The lowest BCUT2D eigenvalue weighted by Crippen LogP contribution is -2.32. The highest BCUT2D eigenvalue weighted by molar-refractivity contribution is 7.80. The molecule has 0 aromatic heterocycles. The number of hydrogen-bond acceptors (Lipinski definition) is 3. The Labute approximate surface area is 145 Å². The Morgan fingerprint density at radius 3 is 2.48 bits per heavy atom. The van der Waals surface area contributed by atoms with E-state index in [-0.39, 0.29) is 5.97 Å². The van der Waals surface area contributed by atoms with E-state index in [0.717, 1.165) is 18.7 Å². The number of nitrogens with one attached hydrogen (secondary N) is 2. The summed E-state index contributed by atoms with van der Waals surface area (Å²) in [5, 5.41) is 7.04. The molecule has 0 amide bonds. The molecule has 0 heterocycles. The van der Waals surface area contributed by atoms with E-state index in [1.807, 2.05) is 12.1 Å². The van der Waals surface area contributed by atoms with E-state index in [4.69, 9.17) is 17.0 Å². The maximum absolute atomic E-state index is 11.6. The average molecular weight is 337 g/mol. The summed E-state index contributed by atoms with van der Waals surface area (Å²) in [5.74, 6) is 0.349. The summed E-state index contributed by atoms with van der Waals surface area (Å²) in [7, 11) is 0. The smallest absolute Gasteiger partial charge is 0.338 e. The highest BCUT2D eigenvalue weighted by Gasteiger charge is 2.08. The van der Waals surface area contributed by atoms with E-state index < -0.39 is 0 Å². The molecule has 0 saturated carbocycles. The van der Waals surface area contributed by atoms with Gasteiger partial charge in [0.2, 0.25) is 0 Å². The van der Waals surface area contributed by atoms with Crippen molar-refractivity contribution in [3.8, 4) is 0 Å². The first-order chi connectivity index (χ1) is 11.1. The summed E-state index contributed by atoms with van der Waals surface area (Å²) in [6.07, 6.45) is 4.88. The van der Waals surface area contributed by atoms with Gasteiger partial charge in [-0.3, -0.25) is 0 Å². The lowest BCUT2D eigenvalue weighted by molar-refractivity contribution is 0.0526. The van der Waals surface area contributed by atoms with Crippen LogP contribution in [0.1, 0.15) is 56.8 Å². The largest absolute Gasteiger partial charge is 0.462 e. The van der Waals surface area contributed by atoms with Gasteiger partial charge < -0.3 is 15.4 Å². The monoisotopic (exact) mass is 336 g/mol. The number of carbonyl (C=O) groups excluding carboxylic acids is 1. The number of thiocarbonyl (C=S) groups is 1. The van der Waals surface area contributed by atoms with Gasteiger partial charge in [0.15, 0.2) is 5.11 Å². The second kappa shape index (κ2) is 11.0. The molecular weight excluding hydrogens is 308 g/mol. The minimum Gasteiger partial charge on any atom is -0.462 e. The number of unbranched alkanes of at least 4 members (excludes halogenated alkanes) is 1. The molecule has 23 heavy (non-hydrogen) atoms. The zero-order valence-corrected chi connectivity index (χ0v) is 15.2. The Balaban J connectivity index is 2.43. The second-order valence-electron chi connectivity index (χ2n) is 5.55. The lowest BCUT2D eigenvalue weighted by Gasteiger charge is -2.17. The average Bonchev–Trinajstić information content (AvgIpc) is 2.56. The van der Waals surface area contributed by atoms with Crippen LogP contribution in [0.5, 0.6) is 0 Å². The van der Waals surface area contributed by atoms with Gasteiger partial charge in [-0.15, -0.1) is 0 Å². The van der Waals surface area contributed by atoms with Crippen LogP contribution in [0.2, 0.25) is 0 Å². The van der Waals surface area contributed by atoms with E-state index in [1.165, 1.54) is 19.3 Å². The predicted molar refractivity (Wildman–Crippen MR) is 99.9 cm³/mol. The third kappa shape index (κ3) is 7.46. The molecule has 1 aromatic carbocycles. The maximum atomic E-state index is 11.6. The molecule has 0 radical (unpaired) electrons. The fraction of sp³-hybridized carbons (Fsp3) is 0.556. The van der Waals surface area contributed by atoms with Crippen LogP contribution in [0, 0.1) is 5.92 Å². The van der Waals surface area contributed by atoms with Gasteiger partial charge in [-0.2, -0.15) is 0 Å². The van der Waals surface area contributed by atoms with Crippen molar-refractivity contribution in [2.24, 2.45) is 5.92 Å². The predicted octanol–water partition coefficient (Wildman–Crippen LogP) is 4.37. The number of hydrogen-bond donors (Lipinski definition) is 2. The fourth-order valence-electron chi connectivity index (χ4n) is 2.26. The molecule has 5 heteroatoms. The van der Waals surface area contributed by atoms with Gasteiger partial charge in [0.1, 0.15) is 0 Å². The van der Waals surface area contributed by atoms with Crippen molar-refractivity contribution in [1.82, 2.24) is 5.32 Å². The van der Waals surface area contributed by atoms with E-state index in [9.17, 15) is 4.79 Å². The third-order valence-electron chi connectivity index (χ3n) is 3.75. The summed E-state index contributed by atoms with van der Waals surface area (Å²) in [4.78, 5) is 11.6. The number of benzene rings is 1. The molecule has 1 unspecified atom stereocenters. The van der Waals surface area contributed by atoms with Gasteiger partial charge in [-0.25, -0.2) is 4.79 Å². The van der Waals surface area contributed by atoms with Crippen LogP contribution in [-0.2, 0) is 4.74 Å². The van der Waals surface area contributed by atoms with Crippen LogP contribution >= 0.6 is 12.2 Å². The molecule has 1 rings (SSSR count). The van der Waals surface area contributed by atoms with Gasteiger partial charge in [0.05, 0.1) is 12.2 Å². The molecule has 0 aliphatic heterocycles. The maximum Gasteiger partial charge on any atom is 0.338 e. The quantitative estimate of drug-likeness (QED) is 0.518. The molecular formula is C18H28N2O2S. The highest BCUT2D eigenvalue weighted by Crippen LogP contribution is 2.12. The topological polar surface area (TPSA) is 50.4 Å². The van der Waals surface area contributed by atoms with E-state index in [2.05, 4.69) is 24.5 Å². The molecule has 128 valence electrons. The molecule has 0 saturated heterocycles. The molecule has 1 atom stereocenters. The van der Waals surface area contributed by atoms with Crippen LogP contribution in [0.25, 0.3) is 0 Å². The summed E-state index contributed by atoms with van der Waals surface area (Å²) in [6, 6.07) is 7.13. The molecule has 0 aliphatic carbocycles. The van der Waals surface area contributed by atoms with Gasteiger partial charge in [-0.05, 0) is 55.7 Å². The van der Waals surface area contributed by atoms with Gasteiger partial charge >= 0.3 is 5.97 Å². The fourth-order valence-corrected chi connectivity index (χ4v) is 2.46. The van der Waals surface area contributed by atoms with Crippen molar-refractivity contribution >= 4 is 29.0 Å². The zero-order valence-electron chi connectivity index (χ0n) is 14.4. The van der Waals surface area contributed by atoms with Crippen molar-refractivity contribution < 1.29 is 9.53 Å². The number of ether oxygens (including phenoxy) is 1. The Kier molecular flexibility index (Phi) is 9.29. The molecule has 2 N–H and O–H groups in total. The van der Waals surface area contributed by atoms with Crippen LogP contribution in [0.4, 0.5) is 5.69 Å². The normalized spacial score (nSPS) is 11.6. The first kappa shape index (κ1) is 19.4. The van der Waals surface area contributed by atoms with Crippen LogP contribution < -0.4 is 10.6 Å². The standard InChI is InChI=1S/C18H28N2O2S/c1-4-7-8-14(5-2)13-19-18(23)20-16-11-9-15(10-12-16)17(21)22-6-3/h9-12,14H,4-8,13H2,1-3H3,(H2,19,20,23). The second-order valence-corrected chi connectivity index (χ2v) is 5.96. The molecule has 0 bridgehead atoms. The van der Waals surface area contributed by atoms with Crippen LogP contribution in [0.15, 0.2) is 24.3 Å². The Hall–Kier alpha value is -1.62. The summed E-state index contributed by atoms with van der Waals surface area (Å²) in [5.41, 5.74) is 1.40. The van der Waals surface area contributed by atoms with Crippen LogP contribution in [-0.4, -0.2) is 24.2 Å². The van der Waals surface area contributed by atoms with Gasteiger partial charge in [0, 0.05) is 12.2 Å². The van der Waals surface area contributed by atoms with Crippen molar-refractivity contribution in [1.29, 1.82) is 0 Å². The molecule has 0 spiro atoms. The van der Waals surface area contributed by atoms with E-state index >= 15 is 0 Å². The number of esters is 1. The third-order valence-corrected chi connectivity index (χ3v) is 3.99. The van der Waals surface area contributed by atoms with Crippen molar-refractivity contribution in [3.05, 3.63) is 29.8 Å². The van der Waals surface area contributed by atoms with Crippen molar-refractivity contribution in [3.63, 3.8) is 0 Å². The number of rotatable bonds is 9. The first-order valence-corrected chi connectivity index (χ1v) is 8.83. The SMILES string of the molecule is CCCCC(CC)CNC(=S)Nc1ccc(C(=O)OCC)cc1. The van der Waals surface area contributed by atoms with Crippen LogP contribution in [0.3, 0.4) is 0 Å². The molecule has 4 nitrogen and oxygen atoms in total. The minimum absolute atomic E-state index is 0.304. The van der Waals surface area contributed by atoms with Gasteiger partial charge in [-0.1, -0.05) is 33.1 Å². The van der Waals surface area contributed by atoms with E-state index in [1.54, 1.807) is 19.1 Å². The van der Waals surface area contributed by atoms with Gasteiger partial charge in [0.25, 0.3) is 0 Å². The summed E-state index contributed by atoms with van der Waals surface area (Å²) in [6.45, 7) is 7.49. The van der Waals surface area contributed by atoms with Crippen molar-refractivity contribution in [2.75, 3.05) is 18.5 Å². The first-order valence-electron chi connectivity index (χ1n) is 8.42. The van der Waals surface area contributed by atoms with Crippen molar-refractivity contribution in [2.45, 2.75) is 46.5 Å². The Morgan fingerprint density at radius 1 is 1.22 bits per heavy atom. The minimum atomic E-state index is -0.304. The summed E-state index contributed by atoms with van der Waals surface area (Å²) < 4.78 is 4.96. The summed E-state index contributed by atoms with van der Waals surface area (Å²) >= 11 is 5.33. The van der Waals surface area contributed by atoms with E-state index in [0.29, 0.717) is 23.2 Å². The molecule has 0 fully saturated rings. The molecule has 1 aromatic rings. The Morgan fingerprint density at radius 2 is 1.91 bits per heavy atom. The molecule has 0 aliphatic rings. The number of anilines is 1. The number of carbonyl (C=O) groups is 1.